The highest BCUT2D eigenvalue weighted by Crippen LogP contribution is 2.25. The Kier molecular flexibility index (Phi) is 1.54. The summed E-state index contributed by atoms with van der Waals surface area (Å²) in [6.45, 7) is 0. The van der Waals surface area contributed by atoms with E-state index in [-0.39, 0.29) is 0 Å². The van der Waals surface area contributed by atoms with Crippen LogP contribution in [-0.4, -0.2) is 7.05 Å². The molecule has 2 aromatic carbocycles. The number of nitrogens with two attached hydrogens (primary N) is 1. The Bertz CT molecular complexity index is 717. The van der Waals surface area contributed by atoms with E-state index in [1.807, 2.05) is 19.2 Å². The van der Waals surface area contributed by atoms with Crippen LogP contribution in [0.15, 0.2) is 36.4 Å². The lowest BCUT2D eigenvalue weighted by molar-refractivity contribution is 1.28. The molecule has 1 aliphatic carbocycles. The van der Waals surface area contributed by atoms with Gasteiger partial charge in [0.15, 0.2) is 0 Å². The molecule has 0 saturated heterocycles. The quantitative estimate of drug-likeness (QED) is 0.585. The molecule has 0 unspecified atom stereocenters. The molecule has 2 heteroatoms. The van der Waals surface area contributed by atoms with Crippen molar-refractivity contribution in [3.63, 3.8) is 0 Å². The first-order chi connectivity index (χ1) is 7.33. The summed E-state index contributed by atoms with van der Waals surface area (Å²) in [5, 5.41) is 8.13. The third-order valence-corrected chi connectivity index (χ3v) is 3.00. The van der Waals surface area contributed by atoms with Crippen molar-refractivity contribution in [3.8, 4) is 0 Å². The van der Waals surface area contributed by atoms with Crippen molar-refractivity contribution in [2.75, 3.05) is 18.1 Å². The molecule has 15 heavy (non-hydrogen) atoms. The van der Waals surface area contributed by atoms with E-state index >= 15 is 0 Å². The van der Waals surface area contributed by atoms with Crippen LogP contribution in [-0.2, 0) is 0 Å². The second kappa shape index (κ2) is 2.76. The third-order valence-electron chi connectivity index (χ3n) is 3.00. The van der Waals surface area contributed by atoms with Crippen molar-refractivity contribution in [1.29, 1.82) is 0 Å². The predicted molar refractivity (Wildman–Crippen MR) is 62.2 cm³/mol. The minimum absolute atomic E-state index is 0.855. The van der Waals surface area contributed by atoms with Gasteiger partial charge in [-0.3, -0.25) is 0 Å². The fourth-order valence-corrected chi connectivity index (χ4v) is 2.23. The van der Waals surface area contributed by atoms with Crippen LogP contribution in [0, 0.1) is 20.9 Å². The van der Waals surface area contributed by atoms with E-state index in [2.05, 4.69) is 29.6 Å². The van der Waals surface area contributed by atoms with Gasteiger partial charge in [-0.25, -0.2) is 0 Å². The van der Waals surface area contributed by atoms with Gasteiger partial charge in [-0.15, -0.1) is 0 Å². The number of nitrogen functional groups attached to an aromatic ring is 1. The number of benzene rings is 2. The Morgan fingerprint density at radius 2 is 1.67 bits per heavy atom. The van der Waals surface area contributed by atoms with Crippen molar-refractivity contribution in [2.45, 2.75) is 0 Å². The molecular formula is C13H12N2. The van der Waals surface area contributed by atoms with Crippen LogP contribution in [0.2, 0.25) is 0 Å². The van der Waals surface area contributed by atoms with E-state index in [9.17, 15) is 0 Å². The summed E-state index contributed by atoms with van der Waals surface area (Å²) in [7, 11) is 1.89. The monoisotopic (exact) mass is 196 g/mol. The zero-order valence-corrected chi connectivity index (χ0v) is 8.54. The second-order valence-electron chi connectivity index (χ2n) is 3.74. The van der Waals surface area contributed by atoms with Crippen LogP contribution in [0.1, 0.15) is 0 Å². The second-order valence-corrected chi connectivity index (χ2v) is 3.74. The summed E-state index contributed by atoms with van der Waals surface area (Å²) >= 11 is 0. The van der Waals surface area contributed by atoms with E-state index in [1.165, 1.54) is 20.9 Å². The van der Waals surface area contributed by atoms with E-state index in [0.717, 1.165) is 11.4 Å². The Labute approximate surface area is 87.4 Å². The van der Waals surface area contributed by atoms with Crippen molar-refractivity contribution in [2.24, 2.45) is 0 Å². The van der Waals surface area contributed by atoms with Crippen LogP contribution in [0.4, 0.5) is 11.4 Å². The summed E-state index contributed by atoms with van der Waals surface area (Å²) < 4.78 is 0. The molecule has 0 bridgehead atoms. The normalized spacial score (nSPS) is 11.3. The van der Waals surface area contributed by atoms with Crippen molar-refractivity contribution in [1.82, 2.24) is 0 Å². The summed E-state index contributed by atoms with van der Waals surface area (Å²) in [4.78, 5) is 0. The fourth-order valence-electron chi connectivity index (χ4n) is 2.23. The Hall–Kier alpha value is -1.96. The summed E-state index contributed by atoms with van der Waals surface area (Å²) in [6.07, 6.45) is 0. The van der Waals surface area contributed by atoms with Crippen LogP contribution in [0.25, 0.3) is 0 Å². The van der Waals surface area contributed by atoms with Gasteiger partial charge >= 0.3 is 0 Å². The maximum atomic E-state index is 6.10. The summed E-state index contributed by atoms with van der Waals surface area (Å²) in [6, 6.07) is 12.5. The van der Waals surface area contributed by atoms with Gasteiger partial charge in [0.2, 0.25) is 0 Å². The number of hydrogen-bond acceptors (Lipinski definition) is 2. The molecule has 3 N–H and O–H groups in total. The number of anilines is 2. The molecule has 2 aromatic rings. The molecule has 0 spiro atoms. The van der Waals surface area contributed by atoms with Gasteiger partial charge in [-0.1, -0.05) is 30.3 Å². The summed E-state index contributed by atoms with van der Waals surface area (Å²) in [5.41, 5.74) is 7.96. The van der Waals surface area contributed by atoms with Crippen LogP contribution >= 0.6 is 0 Å². The Morgan fingerprint density at radius 1 is 0.933 bits per heavy atom. The largest absolute Gasteiger partial charge is 0.397 e. The minimum atomic E-state index is 0.855. The fraction of sp³-hybridized carbons (Fsp3) is 0.0769. The molecule has 0 amide bonds. The molecule has 1 aliphatic rings. The standard InChI is InChI=1S/C13H12N2/c1-15-11-7-6-10-8-4-2-3-5-9(8)12(10)13(11)14/h2-7,15H,14H2,1H3. The van der Waals surface area contributed by atoms with Gasteiger partial charge in [0, 0.05) is 12.3 Å². The molecule has 0 atom stereocenters. The molecule has 74 valence electrons. The highest BCUT2D eigenvalue weighted by atomic mass is 14.8. The smallest absolute Gasteiger partial charge is 0.0635 e. The van der Waals surface area contributed by atoms with E-state index in [1.54, 1.807) is 0 Å². The molecule has 0 radical (unpaired) electrons. The SMILES string of the molecule is CNc1ccc2c(c1N)=c1ccccc1=2. The van der Waals surface area contributed by atoms with Crippen LogP contribution in [0.5, 0.6) is 0 Å². The molecule has 0 aliphatic heterocycles. The Balaban J connectivity index is 2.56. The average molecular weight is 196 g/mol. The van der Waals surface area contributed by atoms with E-state index in [0.29, 0.717) is 0 Å². The maximum absolute atomic E-state index is 6.10. The summed E-state index contributed by atoms with van der Waals surface area (Å²) in [5.74, 6) is 0. The predicted octanol–water partition coefficient (Wildman–Crippen LogP) is 2.20. The average Bonchev–Trinajstić information content (AvgIpc) is 2.25. The zero-order valence-electron chi connectivity index (χ0n) is 8.54. The van der Waals surface area contributed by atoms with Crippen molar-refractivity contribution >= 4 is 11.4 Å². The molecule has 0 fully saturated rings. The van der Waals surface area contributed by atoms with Crippen LogP contribution in [0.3, 0.4) is 0 Å². The highest BCUT2D eigenvalue weighted by molar-refractivity contribution is 5.68. The van der Waals surface area contributed by atoms with Crippen molar-refractivity contribution < 1.29 is 0 Å². The molecule has 2 nitrogen and oxygen atoms in total. The molecular weight excluding hydrogens is 184 g/mol. The first kappa shape index (κ1) is 8.36. The van der Waals surface area contributed by atoms with Gasteiger partial charge < -0.3 is 11.1 Å². The van der Waals surface area contributed by atoms with Crippen molar-refractivity contribution in [3.05, 3.63) is 57.3 Å². The molecule has 3 rings (SSSR count). The number of rotatable bonds is 1. The molecule has 0 saturated carbocycles. The molecule has 0 heterocycles. The number of hydrogen-bond donors (Lipinski definition) is 2. The van der Waals surface area contributed by atoms with E-state index < -0.39 is 0 Å². The molecule has 0 aromatic heterocycles. The first-order valence-corrected chi connectivity index (χ1v) is 5.03. The topological polar surface area (TPSA) is 38.0 Å². The van der Waals surface area contributed by atoms with Gasteiger partial charge in [-0.2, -0.15) is 0 Å². The van der Waals surface area contributed by atoms with Gasteiger partial charge in [0.25, 0.3) is 0 Å². The van der Waals surface area contributed by atoms with Gasteiger partial charge in [-0.05, 0) is 21.7 Å². The zero-order chi connectivity index (χ0) is 10.4. The minimum Gasteiger partial charge on any atom is -0.397 e. The van der Waals surface area contributed by atoms with Gasteiger partial charge in [0.05, 0.1) is 11.4 Å². The first-order valence-electron chi connectivity index (χ1n) is 5.03. The number of fused-ring (bicyclic) bond motifs is 2. The Morgan fingerprint density at radius 3 is 2.40 bits per heavy atom. The number of nitrogens with one attached hydrogen (secondary N) is 1. The van der Waals surface area contributed by atoms with Gasteiger partial charge in [0.1, 0.15) is 0 Å². The maximum Gasteiger partial charge on any atom is 0.0635 e. The lowest BCUT2D eigenvalue weighted by Crippen LogP contribution is -2.01. The lowest BCUT2D eigenvalue weighted by Gasteiger charge is -2.11. The van der Waals surface area contributed by atoms with E-state index in [4.69, 9.17) is 5.73 Å². The van der Waals surface area contributed by atoms with Crippen LogP contribution < -0.4 is 11.1 Å². The highest BCUT2D eigenvalue weighted by Gasteiger charge is 2.07. The third kappa shape index (κ3) is 0.934. The lowest BCUT2D eigenvalue weighted by atomic mass is 9.99.